The SMILES string of the molecule is Cc1cc(N2CCC[C@@H](Cn3cc(Cc4ccccc4)nn3)C2)nc(N)n1. The molecule has 0 spiro atoms. The van der Waals surface area contributed by atoms with Crippen molar-refractivity contribution in [1.29, 1.82) is 0 Å². The number of benzene rings is 1. The minimum absolute atomic E-state index is 0.342. The Bertz CT molecular complexity index is 870. The number of rotatable bonds is 5. The van der Waals surface area contributed by atoms with E-state index in [4.69, 9.17) is 5.73 Å². The molecular formula is C20H25N7. The smallest absolute Gasteiger partial charge is 0.222 e. The molecule has 1 fully saturated rings. The maximum absolute atomic E-state index is 5.82. The number of aromatic nitrogens is 5. The molecule has 4 rings (SSSR count). The van der Waals surface area contributed by atoms with E-state index >= 15 is 0 Å². The number of nitrogen functional groups attached to an aromatic ring is 1. The molecule has 140 valence electrons. The van der Waals surface area contributed by atoms with Gasteiger partial charge in [-0.05, 0) is 31.2 Å². The third-order valence-electron chi connectivity index (χ3n) is 4.96. The van der Waals surface area contributed by atoms with Crippen molar-refractivity contribution in [2.75, 3.05) is 23.7 Å². The van der Waals surface area contributed by atoms with Crippen LogP contribution >= 0.6 is 0 Å². The van der Waals surface area contributed by atoms with Crippen molar-refractivity contribution < 1.29 is 0 Å². The number of nitrogens with zero attached hydrogens (tertiary/aromatic N) is 6. The molecule has 3 heterocycles. The number of anilines is 2. The Balaban J connectivity index is 1.39. The van der Waals surface area contributed by atoms with Gasteiger partial charge in [0, 0.05) is 44.0 Å². The van der Waals surface area contributed by atoms with Crippen LogP contribution in [0.25, 0.3) is 0 Å². The van der Waals surface area contributed by atoms with Crippen LogP contribution in [0, 0.1) is 12.8 Å². The lowest BCUT2D eigenvalue weighted by Gasteiger charge is -2.33. The zero-order valence-corrected chi connectivity index (χ0v) is 15.6. The highest BCUT2D eigenvalue weighted by Crippen LogP contribution is 2.23. The van der Waals surface area contributed by atoms with Gasteiger partial charge in [0.2, 0.25) is 5.95 Å². The molecule has 1 aliphatic heterocycles. The summed E-state index contributed by atoms with van der Waals surface area (Å²) in [6.45, 7) is 4.78. The maximum Gasteiger partial charge on any atom is 0.222 e. The number of hydrogen-bond donors (Lipinski definition) is 1. The van der Waals surface area contributed by atoms with E-state index < -0.39 is 0 Å². The van der Waals surface area contributed by atoms with Gasteiger partial charge < -0.3 is 10.6 Å². The van der Waals surface area contributed by atoms with Gasteiger partial charge in [-0.15, -0.1) is 5.10 Å². The quantitative estimate of drug-likeness (QED) is 0.749. The van der Waals surface area contributed by atoms with Crippen molar-refractivity contribution in [2.24, 2.45) is 5.92 Å². The Hall–Kier alpha value is -2.96. The largest absolute Gasteiger partial charge is 0.368 e. The van der Waals surface area contributed by atoms with Crippen molar-refractivity contribution in [3.8, 4) is 0 Å². The van der Waals surface area contributed by atoms with Gasteiger partial charge in [-0.3, -0.25) is 4.68 Å². The summed E-state index contributed by atoms with van der Waals surface area (Å²) in [7, 11) is 0. The molecule has 0 amide bonds. The first kappa shape index (κ1) is 17.5. The van der Waals surface area contributed by atoms with Gasteiger partial charge in [0.15, 0.2) is 0 Å². The standard InChI is InChI=1S/C20H25N7/c1-15-10-19(23-20(21)22-15)26-9-5-8-17(12-26)13-27-14-18(24-25-27)11-16-6-3-2-4-7-16/h2-4,6-7,10,14,17H,5,8-9,11-13H2,1H3,(H2,21,22,23)/t17-/m1/s1. The Kier molecular flexibility index (Phi) is 5.00. The summed E-state index contributed by atoms with van der Waals surface area (Å²) in [5.74, 6) is 1.78. The molecule has 1 atom stereocenters. The number of piperidine rings is 1. The molecule has 1 aromatic carbocycles. The fourth-order valence-corrected chi connectivity index (χ4v) is 3.74. The first-order valence-corrected chi connectivity index (χ1v) is 9.45. The molecule has 0 saturated carbocycles. The highest BCUT2D eigenvalue weighted by molar-refractivity contribution is 5.43. The van der Waals surface area contributed by atoms with Crippen molar-refractivity contribution in [3.05, 3.63) is 59.5 Å². The predicted molar refractivity (Wildman–Crippen MR) is 105 cm³/mol. The molecule has 7 heteroatoms. The summed E-state index contributed by atoms with van der Waals surface area (Å²) in [6.07, 6.45) is 5.21. The van der Waals surface area contributed by atoms with E-state index in [1.54, 1.807) is 0 Å². The van der Waals surface area contributed by atoms with Gasteiger partial charge >= 0.3 is 0 Å². The molecule has 3 aromatic rings. The van der Waals surface area contributed by atoms with Crippen LogP contribution < -0.4 is 10.6 Å². The highest BCUT2D eigenvalue weighted by atomic mass is 15.4. The molecule has 0 unspecified atom stereocenters. The summed E-state index contributed by atoms with van der Waals surface area (Å²) in [5.41, 5.74) is 8.99. The molecule has 7 nitrogen and oxygen atoms in total. The summed E-state index contributed by atoms with van der Waals surface area (Å²) < 4.78 is 1.98. The van der Waals surface area contributed by atoms with E-state index in [2.05, 4.69) is 55.6 Å². The summed E-state index contributed by atoms with van der Waals surface area (Å²) >= 11 is 0. The lowest BCUT2D eigenvalue weighted by Crippen LogP contribution is -2.37. The molecule has 2 N–H and O–H groups in total. The van der Waals surface area contributed by atoms with Crippen LogP contribution in [-0.4, -0.2) is 38.1 Å². The Morgan fingerprint density at radius 2 is 2.04 bits per heavy atom. The zero-order chi connectivity index (χ0) is 18.6. The third-order valence-corrected chi connectivity index (χ3v) is 4.96. The van der Waals surface area contributed by atoms with Crippen LogP contribution in [0.15, 0.2) is 42.6 Å². The highest BCUT2D eigenvalue weighted by Gasteiger charge is 2.22. The van der Waals surface area contributed by atoms with Gasteiger partial charge in [0.05, 0.1) is 5.69 Å². The van der Waals surface area contributed by atoms with Crippen LogP contribution in [-0.2, 0) is 13.0 Å². The van der Waals surface area contributed by atoms with E-state index in [9.17, 15) is 0 Å². The van der Waals surface area contributed by atoms with E-state index in [1.807, 2.05) is 23.7 Å². The zero-order valence-electron chi connectivity index (χ0n) is 15.6. The minimum atomic E-state index is 0.342. The maximum atomic E-state index is 5.82. The molecular weight excluding hydrogens is 338 g/mol. The second-order valence-electron chi connectivity index (χ2n) is 7.27. The summed E-state index contributed by atoms with van der Waals surface area (Å²) in [5, 5.41) is 8.67. The predicted octanol–water partition coefficient (Wildman–Crippen LogP) is 2.47. The summed E-state index contributed by atoms with van der Waals surface area (Å²) in [6, 6.07) is 12.4. The lowest BCUT2D eigenvalue weighted by molar-refractivity contribution is 0.347. The van der Waals surface area contributed by atoms with E-state index in [1.165, 1.54) is 12.0 Å². The van der Waals surface area contributed by atoms with Crippen LogP contribution in [0.5, 0.6) is 0 Å². The molecule has 0 radical (unpaired) electrons. The Labute approximate surface area is 159 Å². The van der Waals surface area contributed by atoms with Crippen LogP contribution in [0.1, 0.15) is 29.8 Å². The Morgan fingerprint density at radius 1 is 1.19 bits per heavy atom. The number of hydrogen-bond acceptors (Lipinski definition) is 6. The topological polar surface area (TPSA) is 85.8 Å². The Morgan fingerprint density at radius 3 is 2.85 bits per heavy atom. The fraction of sp³-hybridized carbons (Fsp3) is 0.400. The van der Waals surface area contributed by atoms with Gasteiger partial charge in [0.25, 0.3) is 0 Å². The van der Waals surface area contributed by atoms with Crippen molar-refractivity contribution >= 4 is 11.8 Å². The minimum Gasteiger partial charge on any atom is -0.368 e. The van der Waals surface area contributed by atoms with Gasteiger partial charge in [-0.25, -0.2) is 4.98 Å². The van der Waals surface area contributed by atoms with Crippen LogP contribution in [0.4, 0.5) is 11.8 Å². The molecule has 1 aliphatic rings. The average Bonchev–Trinajstić information content (AvgIpc) is 3.09. The number of nitrogens with two attached hydrogens (primary N) is 1. The van der Waals surface area contributed by atoms with Crippen molar-refractivity contribution in [2.45, 2.75) is 32.7 Å². The summed E-state index contributed by atoms with van der Waals surface area (Å²) in [4.78, 5) is 10.9. The molecule has 1 saturated heterocycles. The molecule has 0 bridgehead atoms. The van der Waals surface area contributed by atoms with E-state index in [0.29, 0.717) is 11.9 Å². The number of aryl methyl sites for hydroxylation is 1. The van der Waals surface area contributed by atoms with Crippen LogP contribution in [0.2, 0.25) is 0 Å². The second kappa shape index (κ2) is 7.73. The van der Waals surface area contributed by atoms with E-state index in [-0.39, 0.29) is 0 Å². The van der Waals surface area contributed by atoms with Crippen LogP contribution in [0.3, 0.4) is 0 Å². The van der Waals surface area contributed by atoms with Gasteiger partial charge in [-0.1, -0.05) is 35.5 Å². The monoisotopic (exact) mass is 363 g/mol. The molecule has 0 aliphatic carbocycles. The average molecular weight is 363 g/mol. The van der Waals surface area contributed by atoms with Gasteiger partial charge in [-0.2, -0.15) is 4.98 Å². The molecule has 2 aromatic heterocycles. The van der Waals surface area contributed by atoms with E-state index in [0.717, 1.165) is 49.7 Å². The third kappa shape index (κ3) is 4.42. The second-order valence-corrected chi connectivity index (χ2v) is 7.27. The van der Waals surface area contributed by atoms with Crippen molar-refractivity contribution in [3.63, 3.8) is 0 Å². The first-order chi connectivity index (χ1) is 13.2. The first-order valence-electron chi connectivity index (χ1n) is 9.45. The fourth-order valence-electron chi connectivity index (χ4n) is 3.74. The van der Waals surface area contributed by atoms with Gasteiger partial charge in [0.1, 0.15) is 5.82 Å². The normalized spacial score (nSPS) is 17.2. The molecule has 27 heavy (non-hydrogen) atoms. The van der Waals surface area contributed by atoms with Crippen molar-refractivity contribution in [1.82, 2.24) is 25.0 Å². The lowest BCUT2D eigenvalue weighted by atomic mass is 9.98.